The molecule has 7 nitrogen and oxygen atoms in total. The summed E-state index contributed by atoms with van der Waals surface area (Å²) >= 11 is 0. The second kappa shape index (κ2) is 9.63. The molecule has 1 amide bonds. The molecule has 3 aromatic rings. The quantitative estimate of drug-likeness (QED) is 0.682. The van der Waals surface area contributed by atoms with Crippen LogP contribution in [0, 0.1) is 6.92 Å². The smallest absolute Gasteiger partial charge is 0.252 e. The van der Waals surface area contributed by atoms with Crippen LogP contribution in [-0.2, 0) is 0 Å². The van der Waals surface area contributed by atoms with Crippen molar-refractivity contribution < 1.29 is 4.79 Å². The molecular weight excluding hydrogens is 376 g/mol. The number of rotatable bonds is 6. The van der Waals surface area contributed by atoms with Crippen LogP contribution >= 0.6 is 0 Å². The van der Waals surface area contributed by atoms with E-state index in [4.69, 9.17) is 0 Å². The van der Waals surface area contributed by atoms with Gasteiger partial charge in [0.1, 0.15) is 18.5 Å². The Bertz CT molecular complexity index is 929. The summed E-state index contributed by atoms with van der Waals surface area (Å²) in [6.45, 7) is 4.82. The lowest BCUT2D eigenvalue weighted by Gasteiger charge is -2.31. The van der Waals surface area contributed by atoms with E-state index in [9.17, 15) is 4.79 Å². The molecule has 1 saturated heterocycles. The number of nitrogens with one attached hydrogen (secondary N) is 1. The van der Waals surface area contributed by atoms with Gasteiger partial charge in [0, 0.05) is 12.7 Å². The molecule has 1 fully saturated rings. The number of hydrogen-bond donors (Lipinski definition) is 1. The first kappa shape index (κ1) is 20.2. The normalized spacial score (nSPS) is 16.0. The summed E-state index contributed by atoms with van der Waals surface area (Å²) < 4.78 is 1.70. The third-order valence-corrected chi connectivity index (χ3v) is 5.69. The second-order valence-electron chi connectivity index (χ2n) is 7.86. The lowest BCUT2D eigenvalue weighted by atomic mass is 10.0. The van der Waals surface area contributed by atoms with Crippen LogP contribution in [0.3, 0.4) is 0 Å². The molecule has 4 rings (SSSR count). The van der Waals surface area contributed by atoms with Crippen LogP contribution in [0.1, 0.15) is 53.2 Å². The lowest BCUT2D eigenvalue weighted by Crippen LogP contribution is -2.38. The SMILES string of the molecule is Cc1ccc(C(CNC(=O)c2ccc(-n3cnnc3)nc2)N2CCCCCC2)cc1. The molecule has 2 aromatic heterocycles. The van der Waals surface area contributed by atoms with E-state index in [-0.39, 0.29) is 11.9 Å². The molecule has 0 bridgehead atoms. The first-order chi connectivity index (χ1) is 14.7. The van der Waals surface area contributed by atoms with Crippen LogP contribution in [0.4, 0.5) is 0 Å². The molecule has 1 unspecified atom stereocenters. The summed E-state index contributed by atoms with van der Waals surface area (Å²) in [6, 6.07) is 12.4. The van der Waals surface area contributed by atoms with E-state index < -0.39 is 0 Å². The highest BCUT2D eigenvalue weighted by molar-refractivity contribution is 5.93. The highest BCUT2D eigenvalue weighted by Crippen LogP contribution is 2.24. The molecule has 0 saturated carbocycles. The second-order valence-corrected chi connectivity index (χ2v) is 7.86. The fourth-order valence-corrected chi connectivity index (χ4v) is 3.94. The maximum Gasteiger partial charge on any atom is 0.252 e. The number of amides is 1. The monoisotopic (exact) mass is 404 g/mol. The molecular formula is C23H28N6O. The van der Waals surface area contributed by atoms with Gasteiger partial charge in [0.15, 0.2) is 0 Å². The minimum atomic E-state index is -0.107. The van der Waals surface area contributed by atoms with Gasteiger partial charge in [-0.1, -0.05) is 42.7 Å². The van der Waals surface area contributed by atoms with Crippen molar-refractivity contribution in [3.05, 3.63) is 71.9 Å². The summed E-state index contributed by atoms with van der Waals surface area (Å²) in [6.07, 6.45) is 9.75. The van der Waals surface area contributed by atoms with Crippen LogP contribution < -0.4 is 5.32 Å². The van der Waals surface area contributed by atoms with Gasteiger partial charge in [0.25, 0.3) is 5.91 Å². The number of aromatic nitrogens is 4. The predicted molar refractivity (Wildman–Crippen MR) is 115 cm³/mol. The van der Waals surface area contributed by atoms with E-state index >= 15 is 0 Å². The topological polar surface area (TPSA) is 75.9 Å². The number of pyridine rings is 1. The summed E-state index contributed by atoms with van der Waals surface area (Å²) in [5, 5.41) is 10.7. The van der Waals surface area contributed by atoms with Gasteiger partial charge >= 0.3 is 0 Å². The van der Waals surface area contributed by atoms with Crippen LogP contribution in [0.15, 0.2) is 55.2 Å². The molecule has 1 aliphatic rings. The van der Waals surface area contributed by atoms with Gasteiger partial charge in [-0.2, -0.15) is 0 Å². The Hall–Kier alpha value is -3.06. The van der Waals surface area contributed by atoms with Gasteiger partial charge in [0.05, 0.1) is 11.6 Å². The zero-order valence-corrected chi connectivity index (χ0v) is 17.4. The van der Waals surface area contributed by atoms with E-state index in [0.717, 1.165) is 13.1 Å². The molecule has 1 aliphatic heterocycles. The van der Waals surface area contributed by atoms with Gasteiger partial charge in [0.2, 0.25) is 0 Å². The summed E-state index contributed by atoms with van der Waals surface area (Å²) in [7, 11) is 0. The first-order valence-corrected chi connectivity index (χ1v) is 10.6. The van der Waals surface area contributed by atoms with Gasteiger partial charge in [-0.05, 0) is 50.6 Å². The Morgan fingerprint density at radius 1 is 1.00 bits per heavy atom. The number of carbonyl (C=O) groups is 1. The number of nitrogens with zero attached hydrogens (tertiary/aromatic N) is 5. The van der Waals surface area contributed by atoms with Gasteiger partial charge in [-0.25, -0.2) is 4.98 Å². The van der Waals surface area contributed by atoms with E-state index in [0.29, 0.717) is 17.9 Å². The highest BCUT2D eigenvalue weighted by Gasteiger charge is 2.22. The van der Waals surface area contributed by atoms with Crippen LogP contribution in [-0.4, -0.2) is 50.2 Å². The molecule has 1 atom stereocenters. The predicted octanol–water partition coefficient (Wildman–Crippen LogP) is 3.32. The number of aryl methyl sites for hydroxylation is 1. The lowest BCUT2D eigenvalue weighted by molar-refractivity contribution is 0.0933. The molecule has 0 radical (unpaired) electrons. The molecule has 3 heterocycles. The van der Waals surface area contributed by atoms with E-state index in [1.165, 1.54) is 36.8 Å². The zero-order chi connectivity index (χ0) is 20.8. The van der Waals surface area contributed by atoms with Crippen LogP contribution in [0.25, 0.3) is 5.82 Å². The molecule has 7 heteroatoms. The van der Waals surface area contributed by atoms with E-state index in [2.05, 4.69) is 56.6 Å². The Balaban J connectivity index is 1.45. The first-order valence-electron chi connectivity index (χ1n) is 10.6. The third-order valence-electron chi connectivity index (χ3n) is 5.69. The number of carbonyl (C=O) groups excluding carboxylic acids is 1. The van der Waals surface area contributed by atoms with Crippen molar-refractivity contribution in [2.45, 2.75) is 38.6 Å². The van der Waals surface area contributed by atoms with Crippen molar-refractivity contribution in [3.63, 3.8) is 0 Å². The largest absolute Gasteiger partial charge is 0.350 e. The van der Waals surface area contributed by atoms with Crippen molar-refractivity contribution in [1.29, 1.82) is 0 Å². The van der Waals surface area contributed by atoms with E-state index in [1.807, 2.05) is 0 Å². The standard InChI is InChI=1S/C23H28N6O/c1-18-6-8-19(9-7-18)21(28-12-4-2-3-5-13-28)15-25-23(30)20-10-11-22(24-14-20)29-16-26-27-17-29/h6-11,14,16-17,21H,2-5,12-13,15H2,1H3,(H,25,30). The van der Waals surface area contributed by atoms with E-state index in [1.54, 1.807) is 35.6 Å². The maximum absolute atomic E-state index is 12.8. The number of likely N-dealkylation sites (tertiary alicyclic amines) is 1. The number of benzene rings is 1. The molecule has 1 aromatic carbocycles. The minimum Gasteiger partial charge on any atom is -0.350 e. The molecule has 156 valence electrons. The van der Waals surface area contributed by atoms with Crippen molar-refractivity contribution in [2.24, 2.45) is 0 Å². The van der Waals surface area contributed by atoms with Crippen molar-refractivity contribution >= 4 is 5.91 Å². The fourth-order valence-electron chi connectivity index (χ4n) is 3.94. The summed E-state index contributed by atoms with van der Waals surface area (Å²) in [4.78, 5) is 19.7. The maximum atomic E-state index is 12.8. The van der Waals surface area contributed by atoms with Gasteiger partial charge in [-0.15, -0.1) is 10.2 Å². The summed E-state index contributed by atoms with van der Waals surface area (Å²) in [5.74, 6) is 0.573. The fraction of sp³-hybridized carbons (Fsp3) is 0.391. The van der Waals surface area contributed by atoms with Crippen LogP contribution in [0.2, 0.25) is 0 Å². The molecule has 30 heavy (non-hydrogen) atoms. The summed E-state index contributed by atoms with van der Waals surface area (Å²) in [5.41, 5.74) is 3.05. The van der Waals surface area contributed by atoms with Crippen molar-refractivity contribution in [3.8, 4) is 5.82 Å². The van der Waals surface area contributed by atoms with Crippen molar-refractivity contribution in [2.75, 3.05) is 19.6 Å². The van der Waals surface area contributed by atoms with Gasteiger partial charge < -0.3 is 5.32 Å². The molecule has 0 aliphatic carbocycles. The van der Waals surface area contributed by atoms with Gasteiger partial charge in [-0.3, -0.25) is 14.3 Å². The Kier molecular flexibility index (Phi) is 6.49. The number of hydrogen-bond acceptors (Lipinski definition) is 5. The molecule has 1 N–H and O–H groups in total. The molecule has 0 spiro atoms. The zero-order valence-electron chi connectivity index (χ0n) is 17.4. The highest BCUT2D eigenvalue weighted by atomic mass is 16.1. The Morgan fingerprint density at radius 2 is 1.70 bits per heavy atom. The Morgan fingerprint density at radius 3 is 2.33 bits per heavy atom. The average molecular weight is 405 g/mol. The Labute approximate surface area is 177 Å². The van der Waals surface area contributed by atoms with Crippen molar-refractivity contribution in [1.82, 2.24) is 30.0 Å². The minimum absolute atomic E-state index is 0.107. The average Bonchev–Trinajstić information content (AvgIpc) is 3.19. The van der Waals surface area contributed by atoms with Crippen LogP contribution in [0.5, 0.6) is 0 Å². The third kappa shape index (κ3) is 4.91.